The first kappa shape index (κ1) is 17.9. The van der Waals surface area contributed by atoms with Crippen molar-refractivity contribution in [3.8, 4) is 0 Å². The zero-order chi connectivity index (χ0) is 18.7. The molecule has 2 heterocycles. The van der Waals surface area contributed by atoms with Gasteiger partial charge in [0.1, 0.15) is 0 Å². The monoisotopic (exact) mass is 375 g/mol. The fourth-order valence-corrected chi connectivity index (χ4v) is 3.24. The van der Waals surface area contributed by atoms with Crippen LogP contribution in [-0.2, 0) is 10.0 Å². The predicted octanol–water partition coefficient (Wildman–Crippen LogP) is 1.37. The van der Waals surface area contributed by atoms with Gasteiger partial charge >= 0.3 is 0 Å². The van der Waals surface area contributed by atoms with Gasteiger partial charge in [-0.05, 0) is 37.3 Å². The molecule has 0 saturated heterocycles. The Labute approximate surface area is 150 Å². The fraction of sp³-hybridized carbons (Fsp3) is 0.267. The number of sulfonamides is 1. The third-order valence-electron chi connectivity index (χ3n) is 3.64. The van der Waals surface area contributed by atoms with E-state index in [-0.39, 0.29) is 10.8 Å². The highest BCUT2D eigenvalue weighted by Crippen LogP contribution is 2.21. The number of benzene rings is 1. The first-order valence-electron chi connectivity index (χ1n) is 7.63. The van der Waals surface area contributed by atoms with E-state index in [0.29, 0.717) is 11.4 Å². The van der Waals surface area contributed by atoms with Crippen LogP contribution in [0.1, 0.15) is 6.92 Å². The first-order chi connectivity index (χ1) is 12.4. The zero-order valence-corrected chi connectivity index (χ0v) is 14.9. The van der Waals surface area contributed by atoms with E-state index in [1.165, 1.54) is 41.7 Å². The molecule has 1 aliphatic rings. The van der Waals surface area contributed by atoms with Crippen molar-refractivity contribution in [3.63, 3.8) is 0 Å². The summed E-state index contributed by atoms with van der Waals surface area (Å²) in [6.07, 6.45) is 2.01. The summed E-state index contributed by atoms with van der Waals surface area (Å²) >= 11 is 0. The van der Waals surface area contributed by atoms with Crippen LogP contribution < -0.4 is 4.72 Å². The van der Waals surface area contributed by atoms with Crippen molar-refractivity contribution < 1.29 is 13.5 Å². The zero-order valence-electron chi connectivity index (χ0n) is 14.1. The Morgan fingerprint density at radius 1 is 1.19 bits per heavy atom. The summed E-state index contributed by atoms with van der Waals surface area (Å²) in [6.45, 7) is 1.75. The van der Waals surface area contributed by atoms with Gasteiger partial charge in [-0.25, -0.2) is 23.1 Å². The number of likely N-dealkylation sites (N-methyl/N-ethyl adjacent to an activating group) is 1. The van der Waals surface area contributed by atoms with Gasteiger partial charge in [0, 0.05) is 19.4 Å². The Morgan fingerprint density at radius 3 is 2.42 bits per heavy atom. The SMILES string of the molecule is CC1=NN(C)C(O)C1/N=N/c1ccc(S(=O)(=O)Nc2ncccn2)cc1. The number of nitrogens with zero attached hydrogens (tertiary/aromatic N) is 6. The van der Waals surface area contributed by atoms with Crippen molar-refractivity contribution in [2.75, 3.05) is 11.8 Å². The van der Waals surface area contributed by atoms with Gasteiger partial charge in [-0.3, -0.25) is 5.01 Å². The van der Waals surface area contributed by atoms with Gasteiger partial charge in [-0.15, -0.1) is 0 Å². The number of rotatable bonds is 5. The highest BCUT2D eigenvalue weighted by molar-refractivity contribution is 7.92. The van der Waals surface area contributed by atoms with Crippen LogP contribution in [-0.4, -0.2) is 53.5 Å². The Balaban J connectivity index is 1.72. The van der Waals surface area contributed by atoms with Gasteiger partial charge in [-0.1, -0.05) is 0 Å². The average Bonchev–Trinajstić information content (AvgIpc) is 2.86. The molecule has 0 spiro atoms. The van der Waals surface area contributed by atoms with Crippen LogP contribution in [0.15, 0.2) is 63.0 Å². The Hall–Kier alpha value is -2.92. The minimum Gasteiger partial charge on any atom is -0.370 e. The summed E-state index contributed by atoms with van der Waals surface area (Å²) in [6, 6.07) is 6.86. The summed E-state index contributed by atoms with van der Waals surface area (Å²) in [4.78, 5) is 7.70. The van der Waals surface area contributed by atoms with Crippen molar-refractivity contribution in [1.82, 2.24) is 15.0 Å². The van der Waals surface area contributed by atoms with Crippen molar-refractivity contribution in [2.45, 2.75) is 24.1 Å². The molecule has 11 heteroatoms. The molecule has 2 atom stereocenters. The molecular formula is C15H17N7O3S. The Bertz CT molecular complexity index is 929. The van der Waals surface area contributed by atoms with Gasteiger partial charge in [0.2, 0.25) is 5.95 Å². The molecule has 0 radical (unpaired) electrons. The lowest BCUT2D eigenvalue weighted by molar-refractivity contribution is 0.0338. The molecule has 136 valence electrons. The Morgan fingerprint density at radius 2 is 1.85 bits per heavy atom. The maximum Gasteiger partial charge on any atom is 0.264 e. The average molecular weight is 375 g/mol. The summed E-state index contributed by atoms with van der Waals surface area (Å²) in [5, 5.41) is 23.6. The second kappa shape index (κ2) is 7.14. The maximum atomic E-state index is 12.3. The highest BCUT2D eigenvalue weighted by Gasteiger charge is 2.31. The number of nitrogens with one attached hydrogen (secondary N) is 1. The van der Waals surface area contributed by atoms with Crippen molar-refractivity contribution in [1.29, 1.82) is 0 Å². The second-order valence-electron chi connectivity index (χ2n) is 5.56. The molecule has 1 aromatic carbocycles. The molecule has 0 bridgehead atoms. The van der Waals surface area contributed by atoms with E-state index < -0.39 is 22.3 Å². The van der Waals surface area contributed by atoms with Crippen LogP contribution >= 0.6 is 0 Å². The van der Waals surface area contributed by atoms with E-state index in [2.05, 4.69) is 30.0 Å². The standard InChI is InChI=1S/C15H17N7O3S/c1-10-13(14(23)22(2)20-10)19-18-11-4-6-12(7-5-11)26(24,25)21-15-16-8-3-9-17-15/h3-9,13-14,23H,1-2H3,(H,16,17,21)/b19-18+. The van der Waals surface area contributed by atoms with Gasteiger partial charge in [0.05, 0.1) is 16.3 Å². The number of aromatic nitrogens is 2. The minimum atomic E-state index is -3.80. The van der Waals surface area contributed by atoms with Crippen LogP contribution in [0, 0.1) is 0 Å². The molecule has 26 heavy (non-hydrogen) atoms. The molecule has 3 rings (SSSR count). The maximum absolute atomic E-state index is 12.3. The molecule has 1 aromatic heterocycles. The molecule has 0 saturated carbocycles. The summed E-state index contributed by atoms with van der Waals surface area (Å²) < 4.78 is 26.9. The predicted molar refractivity (Wildman–Crippen MR) is 94.5 cm³/mol. The van der Waals surface area contributed by atoms with Gasteiger partial charge in [0.15, 0.2) is 12.3 Å². The van der Waals surface area contributed by atoms with Crippen LogP contribution in [0.4, 0.5) is 11.6 Å². The number of aliphatic hydroxyl groups excluding tert-OH is 1. The number of hydrogen-bond acceptors (Lipinski definition) is 9. The number of aliphatic hydroxyl groups is 1. The fourth-order valence-electron chi connectivity index (χ4n) is 2.28. The van der Waals surface area contributed by atoms with E-state index in [1.54, 1.807) is 20.0 Å². The normalized spacial score (nSPS) is 20.4. The van der Waals surface area contributed by atoms with Crippen molar-refractivity contribution in [2.24, 2.45) is 15.3 Å². The molecule has 2 unspecified atom stereocenters. The third-order valence-corrected chi connectivity index (χ3v) is 4.99. The van der Waals surface area contributed by atoms with Gasteiger partial charge in [0.25, 0.3) is 10.0 Å². The smallest absolute Gasteiger partial charge is 0.264 e. The lowest BCUT2D eigenvalue weighted by Crippen LogP contribution is -2.32. The lowest BCUT2D eigenvalue weighted by atomic mass is 10.2. The van der Waals surface area contributed by atoms with Crippen LogP contribution in [0.25, 0.3) is 0 Å². The topological polar surface area (TPSA) is 132 Å². The molecule has 2 N–H and O–H groups in total. The van der Waals surface area contributed by atoms with E-state index in [4.69, 9.17) is 0 Å². The molecule has 1 aliphatic heterocycles. The van der Waals surface area contributed by atoms with E-state index in [0.717, 1.165) is 0 Å². The Kier molecular flexibility index (Phi) is 4.91. The molecule has 0 amide bonds. The number of anilines is 1. The van der Waals surface area contributed by atoms with Gasteiger partial charge < -0.3 is 5.11 Å². The number of hydrazone groups is 1. The first-order valence-corrected chi connectivity index (χ1v) is 9.12. The lowest BCUT2D eigenvalue weighted by Gasteiger charge is -2.15. The summed E-state index contributed by atoms with van der Waals surface area (Å²) in [5.41, 5.74) is 1.10. The summed E-state index contributed by atoms with van der Waals surface area (Å²) in [7, 11) is -2.15. The third kappa shape index (κ3) is 3.83. The van der Waals surface area contributed by atoms with E-state index >= 15 is 0 Å². The van der Waals surface area contributed by atoms with Crippen LogP contribution in [0.2, 0.25) is 0 Å². The minimum absolute atomic E-state index is 0.00892. The molecule has 2 aromatic rings. The second-order valence-corrected chi connectivity index (χ2v) is 7.24. The van der Waals surface area contributed by atoms with E-state index in [9.17, 15) is 13.5 Å². The highest BCUT2D eigenvalue weighted by atomic mass is 32.2. The number of azo groups is 1. The van der Waals surface area contributed by atoms with Gasteiger partial charge in [-0.2, -0.15) is 15.3 Å². The molecule has 0 fully saturated rings. The molecule has 10 nitrogen and oxygen atoms in total. The van der Waals surface area contributed by atoms with Crippen LogP contribution in [0.3, 0.4) is 0 Å². The number of hydrogen-bond donors (Lipinski definition) is 2. The largest absolute Gasteiger partial charge is 0.370 e. The van der Waals surface area contributed by atoms with Crippen molar-refractivity contribution in [3.05, 3.63) is 42.7 Å². The molecular weight excluding hydrogens is 358 g/mol. The van der Waals surface area contributed by atoms with Crippen LogP contribution in [0.5, 0.6) is 0 Å². The van der Waals surface area contributed by atoms with Crippen molar-refractivity contribution >= 4 is 27.4 Å². The quantitative estimate of drug-likeness (QED) is 0.759. The molecule has 0 aliphatic carbocycles. The van der Waals surface area contributed by atoms with E-state index in [1.807, 2.05) is 0 Å². The summed E-state index contributed by atoms with van der Waals surface area (Å²) in [5.74, 6) is -0.00892.